The maximum Gasteiger partial charge on any atom is 0.223 e. The average molecular weight is 237 g/mol. The molecule has 0 aliphatic heterocycles. The number of nitrogens with one attached hydrogen (secondary N) is 1. The van der Waals surface area contributed by atoms with Gasteiger partial charge in [0.1, 0.15) is 5.75 Å². The van der Waals surface area contributed by atoms with E-state index < -0.39 is 6.10 Å². The van der Waals surface area contributed by atoms with Crippen LogP contribution >= 0.6 is 0 Å². The molecule has 1 amide bonds. The van der Waals surface area contributed by atoms with Crippen molar-refractivity contribution in [1.82, 2.24) is 5.32 Å². The molecule has 2 N–H and O–H groups in total. The lowest BCUT2D eigenvalue weighted by Crippen LogP contribution is -2.20. The van der Waals surface area contributed by atoms with Gasteiger partial charge in [0.25, 0.3) is 0 Å². The van der Waals surface area contributed by atoms with Crippen molar-refractivity contribution in [1.29, 1.82) is 0 Å². The summed E-state index contributed by atoms with van der Waals surface area (Å²) in [6, 6.07) is 5.63. The molecule has 0 bridgehead atoms. The molecule has 0 fully saturated rings. The van der Waals surface area contributed by atoms with Gasteiger partial charge in [0.05, 0.1) is 19.1 Å². The molecule has 0 spiro atoms. The first-order chi connectivity index (χ1) is 8.04. The highest BCUT2D eigenvalue weighted by molar-refractivity contribution is 5.75. The van der Waals surface area contributed by atoms with Gasteiger partial charge >= 0.3 is 0 Å². The molecule has 4 nitrogen and oxygen atoms in total. The van der Waals surface area contributed by atoms with Crippen molar-refractivity contribution < 1.29 is 14.6 Å². The van der Waals surface area contributed by atoms with Gasteiger partial charge in [-0.25, -0.2) is 0 Å². The minimum atomic E-state index is -0.578. The van der Waals surface area contributed by atoms with E-state index in [-0.39, 0.29) is 5.91 Å². The highest BCUT2D eigenvalue weighted by atomic mass is 16.5. The number of benzene rings is 1. The predicted octanol–water partition coefficient (Wildman–Crippen LogP) is 1.56. The van der Waals surface area contributed by atoms with Crippen molar-refractivity contribution in [2.75, 3.05) is 13.7 Å². The number of ether oxygens (including phenoxy) is 1. The minimum Gasteiger partial charge on any atom is -0.493 e. The maximum absolute atomic E-state index is 11.0. The summed E-state index contributed by atoms with van der Waals surface area (Å²) < 4.78 is 5.53. The second-order valence-corrected chi connectivity index (χ2v) is 3.99. The largest absolute Gasteiger partial charge is 0.493 e. The first-order valence-corrected chi connectivity index (χ1v) is 5.66. The first-order valence-electron chi connectivity index (χ1n) is 5.66. The summed E-state index contributed by atoms with van der Waals surface area (Å²) in [7, 11) is 1.59. The summed E-state index contributed by atoms with van der Waals surface area (Å²) >= 11 is 0. The van der Waals surface area contributed by atoms with E-state index in [0.29, 0.717) is 18.8 Å². The minimum absolute atomic E-state index is 0.0590. The number of rotatable bonds is 5. The summed E-state index contributed by atoms with van der Waals surface area (Å²) in [4.78, 5) is 11.0. The fourth-order valence-electron chi connectivity index (χ4n) is 1.49. The SMILES string of the molecule is CNC(=O)CCOc1cc(C)ccc1C(C)O. The van der Waals surface area contributed by atoms with E-state index in [1.807, 2.05) is 25.1 Å². The monoisotopic (exact) mass is 237 g/mol. The summed E-state index contributed by atoms with van der Waals surface area (Å²) in [5, 5.41) is 12.1. The predicted molar refractivity (Wildman–Crippen MR) is 66.0 cm³/mol. The number of hydrogen-bond acceptors (Lipinski definition) is 3. The van der Waals surface area contributed by atoms with Crippen molar-refractivity contribution in [3.8, 4) is 5.75 Å². The van der Waals surface area contributed by atoms with Crippen molar-refractivity contribution in [2.24, 2.45) is 0 Å². The zero-order chi connectivity index (χ0) is 12.8. The van der Waals surface area contributed by atoms with Crippen molar-refractivity contribution in [3.63, 3.8) is 0 Å². The van der Waals surface area contributed by atoms with Crippen molar-refractivity contribution >= 4 is 5.91 Å². The van der Waals surface area contributed by atoms with Crippen LogP contribution in [0, 0.1) is 6.92 Å². The van der Waals surface area contributed by atoms with Crippen LogP contribution in [0.15, 0.2) is 18.2 Å². The Bertz CT molecular complexity index is 388. The Kier molecular flexibility index (Phi) is 4.97. The Morgan fingerprint density at radius 1 is 1.53 bits per heavy atom. The summed E-state index contributed by atoms with van der Waals surface area (Å²) in [6.45, 7) is 3.95. The number of aliphatic hydroxyl groups is 1. The maximum atomic E-state index is 11.0. The van der Waals surface area contributed by atoms with Crippen LogP contribution in [0.4, 0.5) is 0 Å². The highest BCUT2D eigenvalue weighted by Gasteiger charge is 2.09. The Labute approximate surface area is 102 Å². The van der Waals surface area contributed by atoms with Gasteiger partial charge in [-0.05, 0) is 25.5 Å². The molecular weight excluding hydrogens is 218 g/mol. The average Bonchev–Trinajstić information content (AvgIpc) is 2.28. The Balaban J connectivity index is 2.68. The normalized spacial score (nSPS) is 12.0. The quantitative estimate of drug-likeness (QED) is 0.817. The summed E-state index contributed by atoms with van der Waals surface area (Å²) in [5.74, 6) is 0.583. The number of aliphatic hydroxyl groups excluding tert-OH is 1. The third-order valence-electron chi connectivity index (χ3n) is 2.48. The first kappa shape index (κ1) is 13.5. The molecule has 0 saturated carbocycles. The van der Waals surface area contributed by atoms with Gasteiger partial charge in [-0.1, -0.05) is 12.1 Å². The molecule has 17 heavy (non-hydrogen) atoms. The molecule has 4 heteroatoms. The Morgan fingerprint density at radius 3 is 2.82 bits per heavy atom. The van der Waals surface area contributed by atoms with E-state index in [0.717, 1.165) is 11.1 Å². The lowest BCUT2D eigenvalue weighted by molar-refractivity contribution is -0.121. The second-order valence-electron chi connectivity index (χ2n) is 3.99. The van der Waals surface area contributed by atoms with Crippen LogP contribution in [-0.4, -0.2) is 24.7 Å². The van der Waals surface area contributed by atoms with Crippen LogP contribution in [0.3, 0.4) is 0 Å². The van der Waals surface area contributed by atoms with E-state index in [2.05, 4.69) is 5.32 Å². The third-order valence-corrected chi connectivity index (χ3v) is 2.48. The molecule has 0 radical (unpaired) electrons. The van der Waals surface area contributed by atoms with Gasteiger partial charge in [0, 0.05) is 12.6 Å². The van der Waals surface area contributed by atoms with Crippen LogP contribution in [0.25, 0.3) is 0 Å². The third kappa shape index (κ3) is 4.07. The van der Waals surface area contributed by atoms with Crippen LogP contribution in [-0.2, 0) is 4.79 Å². The zero-order valence-corrected chi connectivity index (χ0v) is 10.5. The standard InChI is InChI=1S/C13H19NO3/c1-9-4-5-11(10(2)15)12(8-9)17-7-6-13(16)14-3/h4-5,8,10,15H,6-7H2,1-3H3,(H,14,16). The molecule has 1 atom stereocenters. The summed E-state index contributed by atoms with van der Waals surface area (Å²) in [6.07, 6.45) is -0.269. The molecule has 0 saturated heterocycles. The van der Waals surface area contributed by atoms with Gasteiger partial charge in [-0.3, -0.25) is 4.79 Å². The topological polar surface area (TPSA) is 58.6 Å². The molecule has 0 heterocycles. The van der Waals surface area contributed by atoms with Gasteiger partial charge in [0.15, 0.2) is 0 Å². The van der Waals surface area contributed by atoms with Crippen LogP contribution in [0.1, 0.15) is 30.6 Å². The van der Waals surface area contributed by atoms with E-state index in [1.54, 1.807) is 14.0 Å². The highest BCUT2D eigenvalue weighted by Crippen LogP contribution is 2.26. The second kappa shape index (κ2) is 6.25. The van der Waals surface area contributed by atoms with Crippen LogP contribution in [0.5, 0.6) is 5.75 Å². The van der Waals surface area contributed by atoms with Crippen molar-refractivity contribution in [2.45, 2.75) is 26.4 Å². The smallest absolute Gasteiger partial charge is 0.223 e. The van der Waals surface area contributed by atoms with Crippen molar-refractivity contribution in [3.05, 3.63) is 29.3 Å². The fourth-order valence-corrected chi connectivity index (χ4v) is 1.49. The lowest BCUT2D eigenvalue weighted by atomic mass is 10.1. The van der Waals surface area contributed by atoms with Gasteiger partial charge in [-0.15, -0.1) is 0 Å². The molecule has 1 aromatic rings. The Morgan fingerprint density at radius 2 is 2.24 bits per heavy atom. The van der Waals surface area contributed by atoms with Gasteiger partial charge in [-0.2, -0.15) is 0 Å². The van der Waals surface area contributed by atoms with E-state index >= 15 is 0 Å². The number of hydrogen-bond donors (Lipinski definition) is 2. The summed E-state index contributed by atoms with van der Waals surface area (Å²) in [5.41, 5.74) is 1.80. The lowest BCUT2D eigenvalue weighted by Gasteiger charge is -2.14. The molecule has 94 valence electrons. The number of carbonyl (C=O) groups is 1. The number of carbonyl (C=O) groups excluding carboxylic acids is 1. The van der Waals surface area contributed by atoms with E-state index in [4.69, 9.17) is 4.74 Å². The Hall–Kier alpha value is -1.55. The van der Waals surface area contributed by atoms with Gasteiger partial charge < -0.3 is 15.2 Å². The molecule has 1 aromatic carbocycles. The van der Waals surface area contributed by atoms with Gasteiger partial charge in [0.2, 0.25) is 5.91 Å². The van der Waals surface area contributed by atoms with Crippen LogP contribution in [0.2, 0.25) is 0 Å². The number of amides is 1. The number of aryl methyl sites for hydroxylation is 1. The molecule has 0 aliphatic rings. The molecule has 0 aromatic heterocycles. The molecule has 1 unspecified atom stereocenters. The van der Waals surface area contributed by atoms with E-state index in [9.17, 15) is 9.90 Å². The van der Waals surface area contributed by atoms with E-state index in [1.165, 1.54) is 0 Å². The molecular formula is C13H19NO3. The zero-order valence-electron chi connectivity index (χ0n) is 10.5. The molecule has 0 aliphatic carbocycles. The fraction of sp³-hybridized carbons (Fsp3) is 0.462. The molecule has 1 rings (SSSR count). The van der Waals surface area contributed by atoms with Crippen LogP contribution < -0.4 is 10.1 Å².